The fourth-order valence-electron chi connectivity index (χ4n) is 1.96. The second kappa shape index (κ2) is 6.65. The summed E-state index contributed by atoms with van der Waals surface area (Å²) in [6.45, 7) is 0. The highest BCUT2D eigenvalue weighted by Crippen LogP contribution is 2.38. The topological polar surface area (TPSA) is 66.6 Å². The Morgan fingerprint density at radius 1 is 0.905 bits per heavy atom. The van der Waals surface area contributed by atoms with E-state index in [1.54, 1.807) is 33.6 Å². The lowest BCUT2D eigenvalue weighted by Crippen LogP contribution is -1.95. The van der Waals surface area contributed by atoms with Crippen LogP contribution in [-0.2, 0) is 0 Å². The van der Waals surface area contributed by atoms with Crippen LogP contribution in [0.15, 0.2) is 30.5 Å². The number of methoxy groups -OCH3 is 3. The Morgan fingerprint density at radius 3 is 2.05 bits per heavy atom. The molecule has 0 aliphatic rings. The summed E-state index contributed by atoms with van der Waals surface area (Å²) in [6.07, 6.45) is 5.56. The molecule has 0 aliphatic heterocycles. The van der Waals surface area contributed by atoms with Gasteiger partial charge in [0.25, 0.3) is 0 Å². The van der Waals surface area contributed by atoms with E-state index in [9.17, 15) is 0 Å². The summed E-state index contributed by atoms with van der Waals surface area (Å²) in [5, 5.41) is 0. The first kappa shape index (κ1) is 14.7. The van der Waals surface area contributed by atoms with Crippen LogP contribution in [0.2, 0.25) is 0 Å². The molecule has 1 aromatic carbocycles. The van der Waals surface area contributed by atoms with E-state index < -0.39 is 0 Å². The normalized spacial score (nSPS) is 10.6. The Labute approximate surface area is 124 Å². The molecule has 1 heterocycles. The van der Waals surface area contributed by atoms with Gasteiger partial charge in [0, 0.05) is 6.20 Å². The maximum absolute atomic E-state index is 5.66. The van der Waals surface area contributed by atoms with Crippen molar-refractivity contribution in [1.82, 2.24) is 4.98 Å². The highest BCUT2D eigenvalue weighted by atomic mass is 16.5. The van der Waals surface area contributed by atoms with E-state index in [4.69, 9.17) is 19.9 Å². The first-order valence-electron chi connectivity index (χ1n) is 6.37. The predicted molar refractivity (Wildman–Crippen MR) is 83.7 cm³/mol. The average Bonchev–Trinajstić information content (AvgIpc) is 2.51. The molecule has 0 fully saturated rings. The van der Waals surface area contributed by atoms with E-state index in [1.165, 1.54) is 0 Å². The van der Waals surface area contributed by atoms with Crippen LogP contribution >= 0.6 is 0 Å². The number of aromatic nitrogens is 1. The van der Waals surface area contributed by atoms with Crippen molar-refractivity contribution in [3.05, 3.63) is 41.6 Å². The second-order valence-corrected chi connectivity index (χ2v) is 4.31. The maximum Gasteiger partial charge on any atom is 0.203 e. The quantitative estimate of drug-likeness (QED) is 0.915. The molecule has 5 nitrogen and oxygen atoms in total. The Balaban J connectivity index is 2.36. The largest absolute Gasteiger partial charge is 0.493 e. The number of rotatable bonds is 5. The summed E-state index contributed by atoms with van der Waals surface area (Å²) < 4.78 is 15.9. The Morgan fingerprint density at radius 2 is 1.52 bits per heavy atom. The second-order valence-electron chi connectivity index (χ2n) is 4.31. The molecular weight excluding hydrogens is 268 g/mol. The number of pyridine rings is 1. The number of hydrogen-bond acceptors (Lipinski definition) is 5. The molecular formula is C16H18N2O3. The van der Waals surface area contributed by atoms with Crippen molar-refractivity contribution in [2.45, 2.75) is 0 Å². The van der Waals surface area contributed by atoms with Crippen molar-refractivity contribution in [2.75, 3.05) is 27.1 Å². The monoisotopic (exact) mass is 286 g/mol. The van der Waals surface area contributed by atoms with Gasteiger partial charge in [-0.3, -0.25) is 0 Å². The number of nitrogens with zero attached hydrogens (tertiary/aromatic N) is 1. The van der Waals surface area contributed by atoms with E-state index in [1.807, 2.05) is 30.4 Å². The van der Waals surface area contributed by atoms with Gasteiger partial charge in [-0.05, 0) is 35.4 Å². The maximum atomic E-state index is 5.66. The summed E-state index contributed by atoms with van der Waals surface area (Å²) in [5.74, 6) is 2.30. The van der Waals surface area contributed by atoms with Crippen LogP contribution in [0, 0.1) is 0 Å². The number of nitrogen functional groups attached to an aromatic ring is 1. The van der Waals surface area contributed by atoms with Crippen molar-refractivity contribution in [3.8, 4) is 17.2 Å². The minimum Gasteiger partial charge on any atom is -0.493 e. The predicted octanol–water partition coefficient (Wildman–Crippen LogP) is 2.86. The molecule has 0 unspecified atom stereocenters. The van der Waals surface area contributed by atoms with Gasteiger partial charge >= 0.3 is 0 Å². The summed E-state index contributed by atoms with van der Waals surface area (Å²) in [6, 6.07) is 7.43. The van der Waals surface area contributed by atoms with Gasteiger partial charge < -0.3 is 19.9 Å². The first-order valence-corrected chi connectivity index (χ1v) is 6.37. The molecule has 0 amide bonds. The lowest BCUT2D eigenvalue weighted by molar-refractivity contribution is 0.324. The van der Waals surface area contributed by atoms with Crippen molar-refractivity contribution in [1.29, 1.82) is 0 Å². The van der Waals surface area contributed by atoms with Gasteiger partial charge in [0.1, 0.15) is 5.82 Å². The van der Waals surface area contributed by atoms with Crippen LogP contribution in [0.4, 0.5) is 5.82 Å². The number of ether oxygens (including phenoxy) is 3. The van der Waals surface area contributed by atoms with Gasteiger partial charge in [0.2, 0.25) is 5.75 Å². The Hall–Kier alpha value is -2.69. The molecule has 21 heavy (non-hydrogen) atoms. The Kier molecular flexibility index (Phi) is 4.66. The highest BCUT2D eigenvalue weighted by Gasteiger charge is 2.11. The zero-order valence-electron chi connectivity index (χ0n) is 12.3. The molecule has 2 N–H and O–H groups in total. The van der Waals surface area contributed by atoms with Gasteiger partial charge in [0.05, 0.1) is 21.3 Å². The third-order valence-electron chi connectivity index (χ3n) is 2.96. The minimum absolute atomic E-state index is 0.488. The molecule has 0 atom stereocenters. The minimum atomic E-state index is 0.488. The smallest absolute Gasteiger partial charge is 0.203 e. The molecule has 110 valence electrons. The number of benzene rings is 1. The van der Waals surface area contributed by atoms with Crippen molar-refractivity contribution in [2.24, 2.45) is 0 Å². The standard InChI is InChI=1S/C16H18N2O3/c1-19-13-8-12(9-14(20-2)16(13)21-3)5-4-11-6-7-18-15(17)10-11/h4-10H,1-3H3,(H2,17,18)/b5-4+. The van der Waals surface area contributed by atoms with E-state index in [0.29, 0.717) is 23.1 Å². The molecule has 0 spiro atoms. The van der Waals surface area contributed by atoms with Crippen LogP contribution in [0.1, 0.15) is 11.1 Å². The SMILES string of the molecule is COc1cc(/C=C/c2ccnc(N)c2)cc(OC)c1OC. The fraction of sp³-hybridized carbons (Fsp3) is 0.188. The van der Waals surface area contributed by atoms with Crippen LogP contribution in [0.3, 0.4) is 0 Å². The molecule has 5 heteroatoms. The van der Waals surface area contributed by atoms with Gasteiger partial charge in [-0.25, -0.2) is 4.98 Å². The van der Waals surface area contributed by atoms with E-state index in [-0.39, 0.29) is 0 Å². The van der Waals surface area contributed by atoms with Crippen LogP contribution in [-0.4, -0.2) is 26.3 Å². The zero-order valence-corrected chi connectivity index (χ0v) is 12.3. The van der Waals surface area contributed by atoms with Crippen LogP contribution < -0.4 is 19.9 Å². The molecule has 0 saturated heterocycles. The number of anilines is 1. The molecule has 0 radical (unpaired) electrons. The third-order valence-corrected chi connectivity index (χ3v) is 2.96. The molecule has 1 aromatic heterocycles. The lowest BCUT2D eigenvalue weighted by atomic mass is 10.1. The lowest BCUT2D eigenvalue weighted by Gasteiger charge is -2.12. The highest BCUT2D eigenvalue weighted by molar-refractivity contribution is 5.73. The third kappa shape index (κ3) is 3.45. The van der Waals surface area contributed by atoms with Crippen LogP contribution in [0.5, 0.6) is 17.2 Å². The van der Waals surface area contributed by atoms with Gasteiger partial charge in [-0.1, -0.05) is 12.2 Å². The van der Waals surface area contributed by atoms with E-state index in [0.717, 1.165) is 11.1 Å². The first-order chi connectivity index (χ1) is 10.2. The molecule has 2 rings (SSSR count). The van der Waals surface area contributed by atoms with Crippen molar-refractivity contribution >= 4 is 18.0 Å². The molecule has 0 saturated carbocycles. The molecule has 0 aliphatic carbocycles. The fourth-order valence-corrected chi connectivity index (χ4v) is 1.96. The Bertz CT molecular complexity index is 629. The average molecular weight is 286 g/mol. The number of nitrogens with two attached hydrogens (primary N) is 1. The van der Waals surface area contributed by atoms with Gasteiger partial charge in [-0.2, -0.15) is 0 Å². The number of hydrogen-bond donors (Lipinski definition) is 1. The summed E-state index contributed by atoms with van der Waals surface area (Å²) in [7, 11) is 4.76. The molecule has 2 aromatic rings. The zero-order chi connectivity index (χ0) is 15.2. The van der Waals surface area contributed by atoms with E-state index >= 15 is 0 Å². The van der Waals surface area contributed by atoms with Crippen molar-refractivity contribution in [3.63, 3.8) is 0 Å². The summed E-state index contributed by atoms with van der Waals surface area (Å²) in [5.41, 5.74) is 7.55. The van der Waals surface area contributed by atoms with E-state index in [2.05, 4.69) is 4.98 Å². The summed E-state index contributed by atoms with van der Waals surface area (Å²) >= 11 is 0. The van der Waals surface area contributed by atoms with Gasteiger partial charge in [0.15, 0.2) is 11.5 Å². The van der Waals surface area contributed by atoms with Gasteiger partial charge in [-0.15, -0.1) is 0 Å². The summed E-state index contributed by atoms with van der Waals surface area (Å²) in [4.78, 5) is 3.96. The van der Waals surface area contributed by atoms with Crippen molar-refractivity contribution < 1.29 is 14.2 Å². The molecule has 0 bridgehead atoms. The van der Waals surface area contributed by atoms with Crippen LogP contribution in [0.25, 0.3) is 12.2 Å².